The van der Waals surface area contributed by atoms with Crippen LogP contribution in [0.25, 0.3) is 11.0 Å². The van der Waals surface area contributed by atoms with Crippen LogP contribution in [0.1, 0.15) is 31.4 Å². The lowest BCUT2D eigenvalue weighted by Gasteiger charge is -2.35. The Morgan fingerprint density at radius 3 is 2.78 bits per heavy atom. The van der Waals surface area contributed by atoms with E-state index in [1.54, 1.807) is 30.6 Å². The highest BCUT2D eigenvalue weighted by Gasteiger charge is 2.40. The molecule has 1 saturated carbocycles. The maximum absolute atomic E-state index is 13.0. The summed E-state index contributed by atoms with van der Waals surface area (Å²) >= 11 is 6.45. The van der Waals surface area contributed by atoms with Gasteiger partial charge >= 0.3 is 0 Å². The molecule has 0 unspecified atom stereocenters. The van der Waals surface area contributed by atoms with Crippen LogP contribution in [-0.4, -0.2) is 57.9 Å². The van der Waals surface area contributed by atoms with Crippen LogP contribution in [0.2, 0.25) is 5.02 Å². The number of carbonyl (C=O) groups is 1. The molecule has 3 N–H and O–H groups in total. The maximum atomic E-state index is 13.0. The van der Waals surface area contributed by atoms with Gasteiger partial charge < -0.3 is 30.0 Å². The first-order valence-corrected chi connectivity index (χ1v) is 11.8. The Morgan fingerprint density at radius 1 is 1.22 bits per heavy atom. The number of methoxy groups -OCH3 is 1. The molecule has 10 nitrogen and oxygen atoms in total. The summed E-state index contributed by atoms with van der Waals surface area (Å²) in [6, 6.07) is 5.25. The van der Waals surface area contributed by atoms with Crippen LogP contribution in [0.5, 0.6) is 17.4 Å². The zero-order chi connectivity index (χ0) is 24.4. The third-order valence-corrected chi connectivity index (χ3v) is 6.80. The molecule has 1 fully saturated rings. The average Bonchev–Trinajstić information content (AvgIpc) is 2.89. The highest BCUT2D eigenvalue weighted by atomic mass is 35.5. The van der Waals surface area contributed by atoms with Gasteiger partial charge in [-0.1, -0.05) is 11.6 Å². The number of halogens is 2. The number of carbonyl (C=O) groups excluding carboxylic acids is 1. The summed E-state index contributed by atoms with van der Waals surface area (Å²) in [5.74, 6) is 1.04. The Hall–Kier alpha value is -2.92. The quantitative estimate of drug-likeness (QED) is 0.435. The molecule has 4 heterocycles. The van der Waals surface area contributed by atoms with E-state index in [2.05, 4.69) is 25.6 Å². The molecule has 0 atom stereocenters. The number of hydrogen-bond donors (Lipinski definition) is 3. The van der Waals surface area contributed by atoms with Crippen molar-refractivity contribution in [3.05, 3.63) is 41.3 Å². The molecule has 3 aromatic heterocycles. The van der Waals surface area contributed by atoms with Gasteiger partial charge in [0.05, 0.1) is 30.2 Å². The maximum Gasteiger partial charge on any atom is 0.256 e. The third-order valence-electron chi connectivity index (χ3n) is 6.41. The van der Waals surface area contributed by atoms with E-state index in [0.29, 0.717) is 90.3 Å². The molecule has 0 bridgehead atoms. The minimum Gasteiger partial charge on any atom is -0.484 e. The average molecular weight is 536 g/mol. The van der Waals surface area contributed by atoms with Crippen LogP contribution in [0, 0.1) is 0 Å². The minimum atomic E-state index is -1.47. The molecule has 36 heavy (non-hydrogen) atoms. The van der Waals surface area contributed by atoms with Gasteiger partial charge in [-0.05, 0) is 37.8 Å². The Balaban J connectivity index is 0.00000304. The first-order chi connectivity index (χ1) is 17.0. The SMILES string of the molecule is COc1ccc2nccc(NC(=O)C3(O)CCC(NCc4ncc5c(c4Cl)OCCO5)CC3)c2n1.Cl. The summed E-state index contributed by atoms with van der Waals surface area (Å²) in [5, 5.41) is 17.8. The van der Waals surface area contributed by atoms with E-state index in [9.17, 15) is 9.90 Å². The normalized spacial score (nSPS) is 20.9. The molecule has 0 saturated heterocycles. The van der Waals surface area contributed by atoms with Gasteiger partial charge in [-0.15, -0.1) is 12.4 Å². The number of nitrogens with one attached hydrogen (secondary N) is 2. The molecular weight excluding hydrogens is 509 g/mol. The summed E-state index contributed by atoms with van der Waals surface area (Å²) in [5.41, 5.74) is 0.797. The Bertz CT molecular complexity index is 1250. The van der Waals surface area contributed by atoms with Crippen molar-refractivity contribution in [3.8, 4) is 17.4 Å². The fourth-order valence-electron chi connectivity index (χ4n) is 4.38. The summed E-state index contributed by atoms with van der Waals surface area (Å²) in [6.45, 7) is 1.37. The fourth-order valence-corrected chi connectivity index (χ4v) is 4.64. The van der Waals surface area contributed by atoms with Crippen LogP contribution in [0.3, 0.4) is 0 Å². The molecule has 1 aliphatic carbocycles. The highest BCUT2D eigenvalue weighted by Crippen LogP contribution is 2.38. The number of anilines is 1. The largest absolute Gasteiger partial charge is 0.484 e. The Kier molecular flexibility index (Phi) is 7.99. The van der Waals surface area contributed by atoms with Crippen molar-refractivity contribution in [3.63, 3.8) is 0 Å². The first-order valence-electron chi connectivity index (χ1n) is 11.5. The molecule has 1 amide bonds. The van der Waals surface area contributed by atoms with Crippen LogP contribution in [0.15, 0.2) is 30.6 Å². The second-order valence-electron chi connectivity index (χ2n) is 8.63. The number of aliphatic hydroxyl groups is 1. The highest BCUT2D eigenvalue weighted by molar-refractivity contribution is 6.32. The van der Waals surface area contributed by atoms with Crippen molar-refractivity contribution < 1.29 is 24.1 Å². The van der Waals surface area contributed by atoms with Crippen molar-refractivity contribution in [1.29, 1.82) is 0 Å². The van der Waals surface area contributed by atoms with Crippen molar-refractivity contribution in [2.45, 2.75) is 43.9 Å². The van der Waals surface area contributed by atoms with E-state index < -0.39 is 11.5 Å². The van der Waals surface area contributed by atoms with Crippen LogP contribution >= 0.6 is 24.0 Å². The molecule has 0 radical (unpaired) electrons. The molecule has 1 aliphatic heterocycles. The molecular formula is C24H27Cl2N5O5. The van der Waals surface area contributed by atoms with E-state index >= 15 is 0 Å². The van der Waals surface area contributed by atoms with Crippen molar-refractivity contribution in [1.82, 2.24) is 20.3 Å². The van der Waals surface area contributed by atoms with Gasteiger partial charge in [-0.3, -0.25) is 14.8 Å². The lowest BCUT2D eigenvalue weighted by molar-refractivity contribution is -0.137. The van der Waals surface area contributed by atoms with Gasteiger partial charge in [0.25, 0.3) is 5.91 Å². The van der Waals surface area contributed by atoms with Crippen molar-refractivity contribution in [2.75, 3.05) is 25.6 Å². The summed E-state index contributed by atoms with van der Waals surface area (Å²) in [4.78, 5) is 26.1. The van der Waals surface area contributed by atoms with Gasteiger partial charge in [0.2, 0.25) is 5.88 Å². The second kappa shape index (κ2) is 11.0. The van der Waals surface area contributed by atoms with Gasteiger partial charge in [0, 0.05) is 24.8 Å². The number of amides is 1. The van der Waals surface area contributed by atoms with Crippen molar-refractivity contribution >= 4 is 46.6 Å². The molecule has 192 valence electrons. The van der Waals surface area contributed by atoms with E-state index in [1.807, 2.05) is 0 Å². The predicted octanol–water partition coefficient (Wildman–Crippen LogP) is 3.28. The summed E-state index contributed by atoms with van der Waals surface area (Å²) in [7, 11) is 1.52. The fraction of sp³-hybridized carbons (Fsp3) is 0.417. The lowest BCUT2D eigenvalue weighted by Crippen LogP contribution is -2.48. The zero-order valence-electron chi connectivity index (χ0n) is 19.6. The molecule has 12 heteroatoms. The number of pyridine rings is 3. The molecule has 0 aromatic carbocycles. The van der Waals surface area contributed by atoms with Gasteiger partial charge in [-0.2, -0.15) is 0 Å². The number of nitrogens with zero attached hydrogens (tertiary/aromatic N) is 3. The number of aromatic nitrogens is 3. The smallest absolute Gasteiger partial charge is 0.256 e. The molecule has 2 aliphatic rings. The number of hydrogen-bond acceptors (Lipinski definition) is 9. The van der Waals surface area contributed by atoms with Crippen LogP contribution < -0.4 is 24.8 Å². The number of ether oxygens (including phenoxy) is 3. The van der Waals surface area contributed by atoms with Gasteiger partial charge in [0.1, 0.15) is 29.4 Å². The van der Waals surface area contributed by atoms with E-state index in [1.165, 1.54) is 7.11 Å². The van der Waals surface area contributed by atoms with Gasteiger partial charge in [0.15, 0.2) is 11.5 Å². The predicted molar refractivity (Wildman–Crippen MR) is 136 cm³/mol. The monoisotopic (exact) mass is 535 g/mol. The standard InChI is InChI=1S/C24H26ClN5O5.ClH/c1-33-19-3-2-15-21(30-19)16(6-9-26-15)29-23(31)24(32)7-4-14(5-8-24)27-12-17-20(25)22-18(13-28-17)34-10-11-35-22;/h2-3,6,9,13-14,27,32H,4-5,7-8,10-12H2,1H3,(H,26,29,31);1H. The topological polar surface area (TPSA) is 128 Å². The number of rotatable bonds is 6. The van der Waals surface area contributed by atoms with E-state index in [4.69, 9.17) is 25.8 Å². The lowest BCUT2D eigenvalue weighted by atomic mass is 9.81. The third kappa shape index (κ3) is 5.27. The molecule has 5 rings (SSSR count). The Labute approximate surface area is 219 Å². The second-order valence-corrected chi connectivity index (χ2v) is 9.01. The summed E-state index contributed by atoms with van der Waals surface area (Å²) < 4.78 is 16.3. The first kappa shape index (κ1) is 26.2. The van der Waals surface area contributed by atoms with Crippen LogP contribution in [-0.2, 0) is 11.3 Å². The van der Waals surface area contributed by atoms with E-state index in [0.717, 1.165) is 0 Å². The molecule has 3 aromatic rings. The molecule has 0 spiro atoms. The number of fused-ring (bicyclic) bond motifs is 2. The van der Waals surface area contributed by atoms with Crippen molar-refractivity contribution in [2.24, 2.45) is 0 Å². The minimum absolute atomic E-state index is 0. The Morgan fingerprint density at radius 2 is 2.00 bits per heavy atom. The van der Waals surface area contributed by atoms with Crippen LogP contribution in [0.4, 0.5) is 5.69 Å². The van der Waals surface area contributed by atoms with E-state index in [-0.39, 0.29) is 18.4 Å². The summed E-state index contributed by atoms with van der Waals surface area (Å²) in [6.07, 6.45) is 5.09. The van der Waals surface area contributed by atoms with Gasteiger partial charge in [-0.25, -0.2) is 4.98 Å². The zero-order valence-corrected chi connectivity index (χ0v) is 21.2.